The van der Waals surface area contributed by atoms with Gasteiger partial charge >= 0.3 is 0 Å². The van der Waals surface area contributed by atoms with Crippen molar-refractivity contribution < 1.29 is 41.3 Å². The van der Waals surface area contributed by atoms with E-state index in [2.05, 4.69) is 10.3 Å². The number of aromatic nitrogens is 2. The number of rotatable bonds is 8. The standard InChI is InChI=1S/C29H24F5N3O4S/c1-37-10-9-35-29(37)42-14-19-12-20(16-7-5-15(13-38)6-8-16)41-28(40-19)17-3-2-4-18(11-17)36-27(39)21-22(30)24(32)26(34)25(33)23(21)31/h2-11,19-20,28,38H,12-14H2,1H3,(H,36,39). The SMILES string of the molecule is Cn1ccnc1SCC1CC(c2ccc(CO)cc2)OC(c2cccc(NC(=O)c3c(F)c(F)c(F)c(F)c3F)c2)O1. The van der Waals surface area contributed by atoms with Crippen LogP contribution in [-0.2, 0) is 23.1 Å². The fraction of sp³-hybridized carbons (Fsp3) is 0.241. The number of nitrogens with zero attached hydrogens (tertiary/aromatic N) is 2. The molecule has 13 heteroatoms. The summed E-state index contributed by atoms with van der Waals surface area (Å²) in [5.41, 5.74) is 0.445. The minimum absolute atomic E-state index is 0.0157. The van der Waals surface area contributed by atoms with E-state index in [0.717, 1.165) is 16.3 Å². The third-order valence-corrected chi connectivity index (χ3v) is 7.83. The number of aryl methyl sites for hydroxylation is 1. The van der Waals surface area contributed by atoms with Crippen molar-refractivity contribution >= 4 is 23.4 Å². The molecule has 1 saturated heterocycles. The van der Waals surface area contributed by atoms with Crippen molar-refractivity contribution in [3.8, 4) is 0 Å². The average molecular weight is 606 g/mol. The van der Waals surface area contributed by atoms with E-state index in [0.29, 0.717) is 17.7 Å². The average Bonchev–Trinajstić information content (AvgIpc) is 3.42. The molecule has 2 heterocycles. The smallest absolute Gasteiger partial charge is 0.261 e. The van der Waals surface area contributed by atoms with Gasteiger partial charge in [0, 0.05) is 42.9 Å². The summed E-state index contributed by atoms with van der Waals surface area (Å²) in [6.45, 7) is -0.107. The Morgan fingerprint density at radius 3 is 2.33 bits per heavy atom. The zero-order chi connectivity index (χ0) is 30.0. The molecule has 42 heavy (non-hydrogen) atoms. The number of nitrogens with one attached hydrogen (secondary N) is 1. The largest absolute Gasteiger partial charge is 0.392 e. The number of aliphatic hydroxyl groups is 1. The molecule has 3 aromatic carbocycles. The number of aliphatic hydroxyl groups excluding tert-OH is 1. The van der Waals surface area contributed by atoms with Crippen LogP contribution in [0.15, 0.2) is 66.1 Å². The Bertz CT molecular complexity index is 1570. The molecule has 0 aliphatic carbocycles. The van der Waals surface area contributed by atoms with Gasteiger partial charge in [-0.3, -0.25) is 4.79 Å². The molecular weight excluding hydrogens is 581 g/mol. The lowest BCUT2D eigenvalue weighted by molar-refractivity contribution is -0.245. The topological polar surface area (TPSA) is 85.6 Å². The summed E-state index contributed by atoms with van der Waals surface area (Å²) in [5.74, 6) is -12.2. The van der Waals surface area contributed by atoms with E-state index in [1.165, 1.54) is 30.0 Å². The van der Waals surface area contributed by atoms with E-state index in [9.17, 15) is 31.9 Å². The Hall–Kier alpha value is -3.78. The van der Waals surface area contributed by atoms with Gasteiger partial charge in [0.15, 0.2) is 34.7 Å². The van der Waals surface area contributed by atoms with Crippen LogP contribution in [0.1, 0.15) is 45.9 Å². The van der Waals surface area contributed by atoms with Crippen molar-refractivity contribution in [2.24, 2.45) is 7.05 Å². The van der Waals surface area contributed by atoms with Gasteiger partial charge in [-0.15, -0.1) is 0 Å². The van der Waals surface area contributed by atoms with Gasteiger partial charge in [-0.2, -0.15) is 0 Å². The molecule has 3 atom stereocenters. The number of hydrogen-bond acceptors (Lipinski definition) is 6. The Balaban J connectivity index is 1.39. The number of hydrogen-bond donors (Lipinski definition) is 2. The van der Waals surface area contributed by atoms with Crippen molar-refractivity contribution in [2.45, 2.75) is 36.7 Å². The van der Waals surface area contributed by atoms with Crippen LogP contribution < -0.4 is 5.32 Å². The molecule has 2 N–H and O–H groups in total. The zero-order valence-corrected chi connectivity index (χ0v) is 22.8. The second kappa shape index (κ2) is 12.6. The van der Waals surface area contributed by atoms with Crippen molar-refractivity contribution in [2.75, 3.05) is 11.1 Å². The van der Waals surface area contributed by atoms with Crippen molar-refractivity contribution in [3.05, 3.63) is 112 Å². The molecule has 1 aliphatic rings. The summed E-state index contributed by atoms with van der Waals surface area (Å²) in [5, 5.41) is 12.4. The van der Waals surface area contributed by atoms with Gasteiger partial charge < -0.3 is 24.5 Å². The van der Waals surface area contributed by atoms with E-state index >= 15 is 0 Å². The number of amides is 1. The van der Waals surface area contributed by atoms with Crippen LogP contribution >= 0.6 is 11.8 Å². The minimum Gasteiger partial charge on any atom is -0.392 e. The summed E-state index contributed by atoms with van der Waals surface area (Å²) in [6, 6.07) is 13.3. The highest BCUT2D eigenvalue weighted by atomic mass is 32.2. The Kier molecular flexibility index (Phi) is 8.92. The summed E-state index contributed by atoms with van der Waals surface area (Å²) in [6.07, 6.45) is 2.37. The minimum atomic E-state index is -2.36. The maximum absolute atomic E-state index is 14.2. The van der Waals surface area contributed by atoms with E-state index in [1.807, 2.05) is 29.9 Å². The van der Waals surface area contributed by atoms with Gasteiger partial charge in [0.2, 0.25) is 5.82 Å². The highest BCUT2D eigenvalue weighted by Gasteiger charge is 2.33. The number of benzene rings is 3. The number of halogens is 5. The highest BCUT2D eigenvalue weighted by Crippen LogP contribution is 2.40. The normalized spacial score (nSPS) is 18.7. The first kappa shape index (κ1) is 29.7. The zero-order valence-electron chi connectivity index (χ0n) is 22.0. The first-order valence-corrected chi connectivity index (χ1v) is 13.7. The van der Waals surface area contributed by atoms with Crippen LogP contribution in [0.5, 0.6) is 0 Å². The molecule has 3 unspecified atom stereocenters. The molecule has 1 aliphatic heterocycles. The number of thioether (sulfide) groups is 1. The summed E-state index contributed by atoms with van der Waals surface area (Å²) in [4.78, 5) is 16.9. The van der Waals surface area contributed by atoms with Crippen molar-refractivity contribution in [1.82, 2.24) is 9.55 Å². The molecule has 0 bridgehead atoms. The van der Waals surface area contributed by atoms with E-state index < -0.39 is 53.0 Å². The third kappa shape index (κ3) is 6.19. The third-order valence-electron chi connectivity index (χ3n) is 6.64. The first-order valence-electron chi connectivity index (χ1n) is 12.7. The molecule has 1 amide bonds. The monoisotopic (exact) mass is 605 g/mol. The fourth-order valence-corrected chi connectivity index (χ4v) is 5.39. The molecule has 1 fully saturated rings. The molecular formula is C29H24F5N3O4S. The molecule has 0 radical (unpaired) electrons. The summed E-state index contributed by atoms with van der Waals surface area (Å²) < 4.78 is 83.4. The molecule has 1 aromatic heterocycles. The lowest BCUT2D eigenvalue weighted by atomic mass is 10.0. The van der Waals surface area contributed by atoms with Crippen LogP contribution in [0.2, 0.25) is 0 Å². The predicted octanol–water partition coefficient (Wildman–Crippen LogP) is 6.20. The van der Waals surface area contributed by atoms with Crippen LogP contribution in [0, 0.1) is 29.1 Å². The van der Waals surface area contributed by atoms with Gasteiger partial charge in [0.05, 0.1) is 18.8 Å². The maximum Gasteiger partial charge on any atom is 0.261 e. The second-order valence-corrected chi connectivity index (χ2v) is 10.5. The van der Waals surface area contributed by atoms with Gasteiger partial charge in [0.1, 0.15) is 5.56 Å². The summed E-state index contributed by atoms with van der Waals surface area (Å²) >= 11 is 1.50. The second-order valence-electron chi connectivity index (χ2n) is 9.51. The molecule has 0 spiro atoms. The number of imidazole rings is 1. The van der Waals surface area contributed by atoms with Crippen LogP contribution in [0.4, 0.5) is 27.6 Å². The number of anilines is 1. The van der Waals surface area contributed by atoms with E-state index in [1.54, 1.807) is 24.4 Å². The van der Waals surface area contributed by atoms with Crippen LogP contribution in [0.25, 0.3) is 0 Å². The Morgan fingerprint density at radius 2 is 1.69 bits per heavy atom. The van der Waals surface area contributed by atoms with Crippen molar-refractivity contribution in [3.63, 3.8) is 0 Å². The molecule has 7 nitrogen and oxygen atoms in total. The quantitative estimate of drug-likeness (QED) is 0.108. The number of ether oxygens (including phenoxy) is 2. The number of carbonyl (C=O) groups excluding carboxylic acids is 1. The highest BCUT2D eigenvalue weighted by molar-refractivity contribution is 7.99. The molecule has 220 valence electrons. The van der Waals surface area contributed by atoms with E-state index in [-0.39, 0.29) is 18.4 Å². The first-order chi connectivity index (χ1) is 20.2. The van der Waals surface area contributed by atoms with Gasteiger partial charge in [-0.05, 0) is 23.3 Å². The van der Waals surface area contributed by atoms with E-state index in [4.69, 9.17) is 9.47 Å². The Labute approximate surface area is 241 Å². The predicted molar refractivity (Wildman–Crippen MR) is 143 cm³/mol. The van der Waals surface area contributed by atoms with Gasteiger partial charge in [-0.25, -0.2) is 26.9 Å². The van der Waals surface area contributed by atoms with Gasteiger partial charge in [0.25, 0.3) is 5.91 Å². The van der Waals surface area contributed by atoms with Crippen molar-refractivity contribution in [1.29, 1.82) is 0 Å². The van der Waals surface area contributed by atoms with Crippen LogP contribution in [0.3, 0.4) is 0 Å². The maximum atomic E-state index is 14.2. The van der Waals surface area contributed by atoms with Crippen LogP contribution in [-0.4, -0.2) is 32.4 Å². The lowest BCUT2D eigenvalue weighted by Gasteiger charge is -2.36. The Morgan fingerprint density at radius 1 is 1.00 bits per heavy atom. The van der Waals surface area contributed by atoms with Gasteiger partial charge in [-0.1, -0.05) is 48.2 Å². The summed E-state index contributed by atoms with van der Waals surface area (Å²) in [7, 11) is 1.88. The fourth-order valence-electron chi connectivity index (χ4n) is 4.44. The lowest BCUT2D eigenvalue weighted by Crippen LogP contribution is -2.31. The molecule has 4 aromatic rings. The molecule has 0 saturated carbocycles. The molecule has 5 rings (SSSR count). The number of carbonyl (C=O) groups is 1.